The van der Waals surface area contributed by atoms with Crippen LogP contribution in [0.15, 0.2) is 53.6 Å². The first kappa shape index (κ1) is 28.5. The van der Waals surface area contributed by atoms with Crippen LogP contribution in [0.2, 0.25) is 0 Å². The Morgan fingerprint density at radius 1 is 1.03 bits per heavy atom. The molecule has 3 rings (SSSR count). The van der Waals surface area contributed by atoms with Crippen LogP contribution in [0.1, 0.15) is 15.9 Å². The smallest absolute Gasteiger partial charge is 0.320 e. The maximum atomic E-state index is 14.9. The van der Waals surface area contributed by atoms with Gasteiger partial charge in [0.15, 0.2) is 0 Å². The number of alkyl halides is 9. The summed E-state index contributed by atoms with van der Waals surface area (Å²) in [6.07, 6.45) is -4.90. The first-order valence-corrected chi connectivity index (χ1v) is 12.7. The van der Waals surface area contributed by atoms with E-state index in [-0.39, 0.29) is 17.7 Å². The Labute approximate surface area is 219 Å². The number of aromatic nitrogens is 1. The van der Waals surface area contributed by atoms with E-state index in [1.54, 1.807) is 12.1 Å². The molecule has 1 unspecified atom stereocenters. The van der Waals surface area contributed by atoms with Crippen LogP contribution in [0.3, 0.4) is 0 Å². The van der Waals surface area contributed by atoms with E-state index in [2.05, 4.69) is 4.98 Å². The third-order valence-corrected chi connectivity index (χ3v) is 7.68. The van der Waals surface area contributed by atoms with E-state index < -0.39 is 57.9 Å². The fraction of sp³-hybridized carbons (Fsp3) is 0.200. The molecule has 0 aliphatic rings. The number of hydrogen-bond acceptors (Lipinski definition) is 4. The fourth-order valence-electron chi connectivity index (χ4n) is 3.10. The number of anilines is 1. The summed E-state index contributed by atoms with van der Waals surface area (Å²) < 4.78 is 133. The number of sulfone groups is 1. The van der Waals surface area contributed by atoms with Crippen molar-refractivity contribution < 1.29 is 48.3 Å². The lowest BCUT2D eigenvalue weighted by Gasteiger charge is -2.32. The Morgan fingerprint density at radius 3 is 2.22 bits per heavy atom. The van der Waals surface area contributed by atoms with Crippen molar-refractivity contribution in [1.29, 1.82) is 0 Å². The first-order valence-electron chi connectivity index (χ1n) is 9.26. The van der Waals surface area contributed by atoms with Crippen molar-refractivity contribution in [3.63, 3.8) is 0 Å². The highest BCUT2D eigenvalue weighted by atomic mass is 127. The second-order valence-electron chi connectivity index (χ2n) is 7.16. The van der Waals surface area contributed by atoms with Gasteiger partial charge in [-0.15, -0.1) is 0 Å². The third-order valence-electron chi connectivity index (χ3n) is 4.88. The van der Waals surface area contributed by atoms with Crippen molar-refractivity contribution in [2.75, 3.05) is 5.32 Å². The van der Waals surface area contributed by atoms with E-state index in [1.165, 1.54) is 40.3 Å². The van der Waals surface area contributed by atoms with Crippen molar-refractivity contribution in [3.05, 3.63) is 63.4 Å². The van der Waals surface area contributed by atoms with Gasteiger partial charge in [-0.2, -0.15) is 30.7 Å². The number of amides is 1. The SMILES string of the molecule is O=C(Nc1c(I)cc(C(F)(C(F)(F)F)C(F)(F)Br)cc1S(=O)(=O)C(F)F)c1ccc2cccnc2c1. The molecule has 2 aromatic carbocycles. The van der Waals surface area contributed by atoms with Gasteiger partial charge in [0.25, 0.3) is 5.91 Å². The predicted molar refractivity (Wildman–Crippen MR) is 125 cm³/mol. The molecular weight excluding hydrogens is 707 g/mol. The minimum Gasteiger partial charge on any atom is -0.320 e. The summed E-state index contributed by atoms with van der Waals surface area (Å²) in [7, 11) is -5.83. The van der Waals surface area contributed by atoms with E-state index >= 15 is 0 Å². The van der Waals surface area contributed by atoms with Crippen LogP contribution in [-0.2, 0) is 15.5 Å². The number of benzene rings is 2. The number of carbonyl (C=O) groups excluding carboxylic acids is 1. The Hall–Kier alpha value is -2.08. The summed E-state index contributed by atoms with van der Waals surface area (Å²) in [4.78, 5) is 9.76. The van der Waals surface area contributed by atoms with Crippen LogP contribution < -0.4 is 5.32 Å². The molecule has 0 bridgehead atoms. The van der Waals surface area contributed by atoms with E-state index in [0.717, 1.165) is 22.6 Å². The molecular formula is C20H10BrF8IN2O3S. The minimum absolute atomic E-state index is 0.149. The molecule has 36 heavy (non-hydrogen) atoms. The Balaban J connectivity index is 2.22. The maximum absolute atomic E-state index is 14.9. The molecule has 1 heterocycles. The molecule has 1 aromatic heterocycles. The standard InChI is InChI=1S/C20H10BrF8IN2O3S/c21-19(25,26)18(24,20(27,28)29)11-7-12(30)15(14(8-11)36(34,35)17(22)23)32-16(33)10-4-3-9-2-1-5-31-13(9)6-10/h1-8,17H,(H,32,33). The number of nitrogens with one attached hydrogen (secondary N) is 1. The topological polar surface area (TPSA) is 76.1 Å². The van der Waals surface area contributed by atoms with Gasteiger partial charge in [0, 0.05) is 26.3 Å². The van der Waals surface area contributed by atoms with Gasteiger partial charge in [0.05, 0.1) is 16.1 Å². The van der Waals surface area contributed by atoms with Crippen LogP contribution in [0.25, 0.3) is 10.9 Å². The summed E-state index contributed by atoms with van der Waals surface area (Å²) >= 11 is 2.41. The second-order valence-corrected chi connectivity index (χ2v) is 11.2. The highest BCUT2D eigenvalue weighted by Gasteiger charge is 2.71. The quantitative estimate of drug-likeness (QED) is 0.173. The highest BCUT2D eigenvalue weighted by Crippen LogP contribution is 2.56. The molecule has 0 spiro atoms. The molecule has 194 valence electrons. The first-order chi connectivity index (χ1) is 16.4. The monoisotopic (exact) mass is 716 g/mol. The average molecular weight is 717 g/mol. The van der Waals surface area contributed by atoms with Crippen molar-refractivity contribution >= 4 is 70.9 Å². The van der Waals surface area contributed by atoms with Crippen LogP contribution in [0.4, 0.5) is 40.8 Å². The van der Waals surface area contributed by atoms with Gasteiger partial charge in [-0.25, -0.2) is 12.8 Å². The second kappa shape index (κ2) is 9.66. The van der Waals surface area contributed by atoms with Crippen LogP contribution in [0.5, 0.6) is 0 Å². The van der Waals surface area contributed by atoms with Gasteiger partial charge in [-0.3, -0.25) is 9.78 Å². The molecule has 1 amide bonds. The Bertz CT molecular complexity index is 1430. The van der Waals surface area contributed by atoms with Crippen molar-refractivity contribution in [2.45, 2.75) is 27.3 Å². The number of halogens is 10. The van der Waals surface area contributed by atoms with Crippen LogP contribution in [-0.4, -0.2) is 36.1 Å². The van der Waals surface area contributed by atoms with Gasteiger partial charge in [0.1, 0.15) is 0 Å². The van der Waals surface area contributed by atoms with Gasteiger partial charge >= 0.3 is 22.4 Å². The lowest BCUT2D eigenvalue weighted by atomic mass is 9.95. The van der Waals surface area contributed by atoms with Gasteiger partial charge in [-0.1, -0.05) is 12.1 Å². The van der Waals surface area contributed by atoms with Crippen molar-refractivity contribution in [1.82, 2.24) is 4.98 Å². The lowest BCUT2D eigenvalue weighted by Crippen LogP contribution is -2.49. The molecule has 16 heteroatoms. The van der Waals surface area contributed by atoms with Gasteiger partial charge in [-0.05, 0) is 68.9 Å². The molecule has 0 radical (unpaired) electrons. The molecule has 1 N–H and O–H groups in total. The number of carbonyl (C=O) groups is 1. The predicted octanol–water partition coefficient (Wildman–Crippen LogP) is 6.80. The molecule has 0 aliphatic carbocycles. The molecule has 0 aliphatic heterocycles. The zero-order valence-corrected chi connectivity index (χ0v) is 21.6. The van der Waals surface area contributed by atoms with E-state index in [9.17, 15) is 48.3 Å². The Morgan fingerprint density at radius 2 is 1.67 bits per heavy atom. The van der Waals surface area contributed by atoms with E-state index in [0.29, 0.717) is 10.9 Å². The molecule has 0 saturated carbocycles. The molecule has 3 aromatic rings. The summed E-state index contributed by atoms with van der Waals surface area (Å²) in [6, 6.07) is 7.12. The average Bonchev–Trinajstić information content (AvgIpc) is 2.77. The number of hydrogen-bond donors (Lipinski definition) is 1. The molecule has 1 atom stereocenters. The molecule has 0 saturated heterocycles. The fourth-order valence-corrected chi connectivity index (χ4v) is 5.43. The number of rotatable bonds is 6. The van der Waals surface area contributed by atoms with Crippen LogP contribution >= 0.6 is 38.5 Å². The molecule has 0 fully saturated rings. The molecule has 5 nitrogen and oxygen atoms in total. The summed E-state index contributed by atoms with van der Waals surface area (Å²) in [6.45, 7) is 0. The number of nitrogens with zero attached hydrogens (tertiary/aromatic N) is 1. The van der Waals surface area contributed by atoms with Crippen molar-refractivity contribution in [2.24, 2.45) is 0 Å². The number of fused-ring (bicyclic) bond motifs is 1. The largest absolute Gasteiger partial charge is 0.433 e. The normalized spacial score (nSPS) is 14.6. The van der Waals surface area contributed by atoms with E-state index in [1.807, 2.05) is 5.32 Å². The zero-order valence-electron chi connectivity index (χ0n) is 17.1. The lowest BCUT2D eigenvalue weighted by molar-refractivity contribution is -0.282. The summed E-state index contributed by atoms with van der Waals surface area (Å²) in [5.74, 6) is -5.33. The van der Waals surface area contributed by atoms with E-state index in [4.69, 9.17) is 0 Å². The van der Waals surface area contributed by atoms with Crippen molar-refractivity contribution in [3.8, 4) is 0 Å². The Kier molecular flexibility index (Phi) is 7.65. The zero-order chi connectivity index (χ0) is 27.3. The minimum atomic E-state index is -6.31. The number of pyridine rings is 1. The van der Waals surface area contributed by atoms with Gasteiger partial charge < -0.3 is 5.32 Å². The highest BCUT2D eigenvalue weighted by molar-refractivity contribution is 14.1. The maximum Gasteiger partial charge on any atom is 0.433 e. The summed E-state index contributed by atoms with van der Waals surface area (Å²) in [5.41, 5.74) is -8.27. The third kappa shape index (κ3) is 5.03. The summed E-state index contributed by atoms with van der Waals surface area (Å²) in [5, 5.41) is 2.59. The van der Waals surface area contributed by atoms with Crippen LogP contribution in [0, 0.1) is 3.57 Å². The van der Waals surface area contributed by atoms with Gasteiger partial charge in [0.2, 0.25) is 9.84 Å².